The molecule has 0 bridgehead atoms. The number of aromatic nitrogens is 4. The Balaban J connectivity index is 2.79. The van der Waals surface area contributed by atoms with Crippen molar-refractivity contribution in [3.8, 4) is 0 Å². The molecule has 0 spiro atoms. The van der Waals surface area contributed by atoms with Gasteiger partial charge in [-0.05, 0) is 12.5 Å². The van der Waals surface area contributed by atoms with Gasteiger partial charge in [-0.3, -0.25) is 0 Å². The van der Waals surface area contributed by atoms with Crippen molar-refractivity contribution in [2.45, 2.75) is 10.2 Å². The van der Waals surface area contributed by atoms with E-state index in [0.29, 0.717) is 16.6 Å². The van der Waals surface area contributed by atoms with Crippen LogP contribution < -0.4 is 0 Å². The van der Waals surface area contributed by atoms with Crippen molar-refractivity contribution in [2.24, 2.45) is 0 Å². The molecule has 0 unspecified atom stereocenters. The second kappa shape index (κ2) is 4.08. The highest BCUT2D eigenvalue weighted by Gasteiger charge is 2.14. The predicted octanol–water partition coefficient (Wildman–Crippen LogP) is 2.12. The van der Waals surface area contributed by atoms with Crippen LogP contribution in [0.1, 0.15) is 0 Å². The van der Waals surface area contributed by atoms with Crippen LogP contribution in [0.15, 0.2) is 16.4 Å². The van der Waals surface area contributed by atoms with E-state index in [1.54, 1.807) is 0 Å². The molecule has 0 N–H and O–H groups in total. The zero-order valence-corrected chi connectivity index (χ0v) is 9.76. The standard InChI is InChI=1S/C8H7N5S2/c1-9-5-4-10-6-7(14-2)11-8(15-3)12-13(5)6/h4H,2-3H3. The summed E-state index contributed by atoms with van der Waals surface area (Å²) in [5, 5.41) is 5.66. The molecule has 0 aliphatic rings. The van der Waals surface area contributed by atoms with Gasteiger partial charge < -0.3 is 4.85 Å². The Morgan fingerprint density at radius 3 is 2.80 bits per heavy atom. The SMILES string of the molecule is [C-]#[N+]c1cnc2c(SC)nc(SC)nn12. The maximum Gasteiger partial charge on any atom is 0.275 e. The molecule has 0 atom stereocenters. The Labute approximate surface area is 95.1 Å². The van der Waals surface area contributed by atoms with Crippen molar-refractivity contribution in [1.29, 1.82) is 0 Å². The molecule has 0 aliphatic carbocycles. The first kappa shape index (κ1) is 10.3. The smallest absolute Gasteiger partial charge is 0.275 e. The lowest BCUT2D eigenvalue weighted by molar-refractivity contribution is 0.763. The van der Waals surface area contributed by atoms with E-state index in [1.165, 1.54) is 34.2 Å². The zero-order valence-electron chi connectivity index (χ0n) is 8.13. The summed E-state index contributed by atoms with van der Waals surface area (Å²) in [6.07, 6.45) is 5.35. The van der Waals surface area contributed by atoms with E-state index in [9.17, 15) is 0 Å². The Morgan fingerprint density at radius 1 is 1.40 bits per heavy atom. The topological polar surface area (TPSA) is 47.4 Å². The van der Waals surface area contributed by atoms with Crippen LogP contribution in [0.4, 0.5) is 5.82 Å². The molecule has 76 valence electrons. The summed E-state index contributed by atoms with van der Waals surface area (Å²) in [6, 6.07) is 0. The molecule has 0 fully saturated rings. The summed E-state index contributed by atoms with van der Waals surface area (Å²) >= 11 is 2.95. The fourth-order valence-corrected chi connectivity index (χ4v) is 2.03. The molecule has 0 saturated carbocycles. The molecular weight excluding hydrogens is 230 g/mol. The second-order valence-corrected chi connectivity index (χ2v) is 4.14. The lowest BCUT2D eigenvalue weighted by Gasteiger charge is -1.98. The average Bonchev–Trinajstić information content (AvgIpc) is 2.70. The minimum atomic E-state index is 0.415. The van der Waals surface area contributed by atoms with E-state index >= 15 is 0 Å². The molecule has 2 rings (SSSR count). The van der Waals surface area contributed by atoms with Crippen LogP contribution in [0.3, 0.4) is 0 Å². The lowest BCUT2D eigenvalue weighted by atomic mass is 10.7. The first-order valence-electron chi connectivity index (χ1n) is 4.01. The van der Waals surface area contributed by atoms with Crippen molar-refractivity contribution in [3.05, 3.63) is 17.6 Å². The largest absolute Gasteiger partial charge is 0.360 e. The second-order valence-electron chi connectivity index (χ2n) is 2.57. The number of hydrogen-bond donors (Lipinski definition) is 0. The highest BCUT2D eigenvalue weighted by atomic mass is 32.2. The molecule has 7 heteroatoms. The minimum absolute atomic E-state index is 0.415. The third-order valence-electron chi connectivity index (χ3n) is 1.78. The zero-order chi connectivity index (χ0) is 10.8. The Bertz CT molecular complexity index is 542. The highest BCUT2D eigenvalue weighted by molar-refractivity contribution is 7.99. The van der Waals surface area contributed by atoms with E-state index in [0.717, 1.165) is 5.03 Å². The average molecular weight is 237 g/mol. The van der Waals surface area contributed by atoms with Crippen molar-refractivity contribution >= 4 is 35.0 Å². The molecular formula is C8H7N5S2. The Kier molecular flexibility index (Phi) is 2.79. The van der Waals surface area contributed by atoms with Crippen LogP contribution in [0, 0.1) is 6.57 Å². The third kappa shape index (κ3) is 1.66. The first-order valence-corrected chi connectivity index (χ1v) is 6.46. The van der Waals surface area contributed by atoms with Gasteiger partial charge in [0.05, 0.1) is 6.20 Å². The van der Waals surface area contributed by atoms with E-state index in [4.69, 9.17) is 6.57 Å². The molecule has 2 aromatic rings. The summed E-state index contributed by atoms with van der Waals surface area (Å²) in [5.74, 6) is 0.415. The minimum Gasteiger partial charge on any atom is -0.360 e. The molecule has 15 heavy (non-hydrogen) atoms. The van der Waals surface area contributed by atoms with Gasteiger partial charge in [0.15, 0.2) is 5.03 Å². The number of rotatable bonds is 2. The number of nitrogens with zero attached hydrogens (tertiary/aromatic N) is 5. The summed E-state index contributed by atoms with van der Waals surface area (Å²) < 4.78 is 1.54. The monoisotopic (exact) mass is 237 g/mol. The number of thioether (sulfide) groups is 2. The molecule has 0 saturated heterocycles. The Hall–Kier alpha value is -1.26. The molecule has 0 aromatic carbocycles. The van der Waals surface area contributed by atoms with Gasteiger partial charge in [-0.15, -0.1) is 16.3 Å². The van der Waals surface area contributed by atoms with Crippen LogP contribution in [0.2, 0.25) is 0 Å². The van der Waals surface area contributed by atoms with Crippen LogP contribution in [0.25, 0.3) is 10.5 Å². The van der Waals surface area contributed by atoms with Gasteiger partial charge in [0.25, 0.3) is 11.5 Å². The van der Waals surface area contributed by atoms with E-state index in [2.05, 4.69) is 19.9 Å². The number of imidazole rings is 1. The third-order valence-corrected chi connectivity index (χ3v) is 2.98. The van der Waals surface area contributed by atoms with Gasteiger partial charge in [0.2, 0.25) is 5.16 Å². The summed E-state index contributed by atoms with van der Waals surface area (Å²) in [5.41, 5.74) is 0.645. The number of hydrogen-bond acceptors (Lipinski definition) is 5. The normalized spacial score (nSPS) is 10.5. The predicted molar refractivity (Wildman–Crippen MR) is 60.6 cm³/mol. The van der Waals surface area contributed by atoms with Gasteiger partial charge >= 0.3 is 0 Å². The van der Waals surface area contributed by atoms with Crippen molar-refractivity contribution in [2.75, 3.05) is 12.5 Å². The molecule has 2 aromatic heterocycles. The van der Waals surface area contributed by atoms with Crippen LogP contribution in [-0.2, 0) is 0 Å². The van der Waals surface area contributed by atoms with Crippen LogP contribution >= 0.6 is 23.5 Å². The fraction of sp³-hybridized carbons (Fsp3) is 0.250. The van der Waals surface area contributed by atoms with Gasteiger partial charge in [0, 0.05) is 0 Å². The quantitative estimate of drug-likeness (QED) is 0.591. The van der Waals surface area contributed by atoms with Gasteiger partial charge in [-0.2, -0.15) is 0 Å². The van der Waals surface area contributed by atoms with E-state index in [1.807, 2.05) is 12.5 Å². The van der Waals surface area contributed by atoms with E-state index in [-0.39, 0.29) is 0 Å². The first-order chi connectivity index (χ1) is 7.30. The summed E-state index contributed by atoms with van der Waals surface area (Å²) in [6.45, 7) is 6.99. The van der Waals surface area contributed by atoms with Gasteiger partial charge in [-0.25, -0.2) is 9.97 Å². The molecule has 0 amide bonds. The molecule has 0 aliphatic heterocycles. The molecule has 2 heterocycles. The van der Waals surface area contributed by atoms with Crippen molar-refractivity contribution < 1.29 is 0 Å². The van der Waals surface area contributed by atoms with Crippen LogP contribution in [0.5, 0.6) is 0 Å². The van der Waals surface area contributed by atoms with Crippen molar-refractivity contribution in [3.63, 3.8) is 0 Å². The molecule has 0 radical (unpaired) electrons. The van der Waals surface area contributed by atoms with Gasteiger partial charge in [0.1, 0.15) is 0 Å². The van der Waals surface area contributed by atoms with Gasteiger partial charge in [-0.1, -0.05) is 23.4 Å². The lowest BCUT2D eigenvalue weighted by Crippen LogP contribution is -1.98. The summed E-state index contributed by atoms with van der Waals surface area (Å²) in [7, 11) is 0. The highest BCUT2D eigenvalue weighted by Crippen LogP contribution is 2.23. The number of fused-ring (bicyclic) bond motifs is 1. The Morgan fingerprint density at radius 2 is 2.20 bits per heavy atom. The fourth-order valence-electron chi connectivity index (χ4n) is 1.13. The van der Waals surface area contributed by atoms with E-state index < -0.39 is 0 Å². The maximum atomic E-state index is 6.99. The van der Waals surface area contributed by atoms with Crippen molar-refractivity contribution in [1.82, 2.24) is 19.6 Å². The molecule has 5 nitrogen and oxygen atoms in total. The van der Waals surface area contributed by atoms with Crippen LogP contribution in [-0.4, -0.2) is 32.1 Å². The summed E-state index contributed by atoms with van der Waals surface area (Å²) in [4.78, 5) is 11.8. The maximum absolute atomic E-state index is 6.99.